The van der Waals surface area contributed by atoms with E-state index >= 15 is 0 Å². The van der Waals surface area contributed by atoms with Crippen LogP contribution >= 0.6 is 11.8 Å². The van der Waals surface area contributed by atoms with Gasteiger partial charge in [-0.2, -0.15) is 0 Å². The van der Waals surface area contributed by atoms with E-state index in [4.69, 9.17) is 0 Å². The van der Waals surface area contributed by atoms with Gasteiger partial charge in [0.05, 0.1) is 17.2 Å². The lowest BCUT2D eigenvalue weighted by Gasteiger charge is -2.22. The quantitative estimate of drug-likeness (QED) is 0.698. The second-order valence-electron chi connectivity index (χ2n) is 7.02. The second kappa shape index (κ2) is 10.9. The first kappa shape index (κ1) is 21.2. The number of hydrogen-bond acceptors (Lipinski definition) is 4. The molecule has 7 heteroatoms. The van der Waals surface area contributed by atoms with Crippen LogP contribution in [0.2, 0.25) is 0 Å². The van der Waals surface area contributed by atoms with Crippen LogP contribution in [0.5, 0.6) is 0 Å². The minimum absolute atomic E-state index is 0.0790. The lowest BCUT2D eigenvalue weighted by molar-refractivity contribution is -0.114. The summed E-state index contributed by atoms with van der Waals surface area (Å²) in [7, 11) is 0. The number of nitrogens with one attached hydrogen (secondary N) is 2. The molecule has 2 amide bonds. The van der Waals surface area contributed by atoms with Gasteiger partial charge in [0.1, 0.15) is 5.82 Å². The van der Waals surface area contributed by atoms with Gasteiger partial charge in [0.15, 0.2) is 0 Å². The first-order valence-corrected chi connectivity index (χ1v) is 11.0. The molecule has 0 radical (unpaired) electrons. The number of amides is 2. The molecule has 1 saturated heterocycles. The molecule has 1 fully saturated rings. The molecule has 1 aliphatic heterocycles. The number of rotatable bonds is 7. The van der Waals surface area contributed by atoms with Crippen LogP contribution in [0.3, 0.4) is 0 Å². The van der Waals surface area contributed by atoms with Crippen molar-refractivity contribution in [2.45, 2.75) is 25.7 Å². The number of carbonyl (C=O) groups is 2. The van der Waals surface area contributed by atoms with Crippen LogP contribution in [0.1, 0.15) is 25.7 Å². The molecule has 3 rings (SSSR count). The van der Waals surface area contributed by atoms with Crippen molar-refractivity contribution in [3.8, 4) is 0 Å². The first-order valence-electron chi connectivity index (χ1n) is 9.89. The Bertz CT molecular complexity index is 821. The second-order valence-corrected chi connectivity index (χ2v) is 8.00. The number of benzene rings is 2. The maximum absolute atomic E-state index is 13.5. The maximum atomic E-state index is 13.5. The van der Waals surface area contributed by atoms with E-state index in [0.717, 1.165) is 18.8 Å². The smallest absolute Gasteiger partial charge is 0.234 e. The monoisotopic (exact) mass is 415 g/mol. The zero-order valence-electron chi connectivity index (χ0n) is 16.3. The van der Waals surface area contributed by atoms with Gasteiger partial charge in [0.25, 0.3) is 0 Å². The molecule has 0 bridgehead atoms. The van der Waals surface area contributed by atoms with Gasteiger partial charge in [-0.15, -0.1) is 11.8 Å². The topological polar surface area (TPSA) is 61.4 Å². The van der Waals surface area contributed by atoms with Crippen LogP contribution in [0.4, 0.5) is 21.5 Å². The molecule has 1 heterocycles. The minimum atomic E-state index is -0.479. The summed E-state index contributed by atoms with van der Waals surface area (Å²) in [6.45, 7) is 2.16. The van der Waals surface area contributed by atoms with E-state index in [0.29, 0.717) is 0 Å². The van der Waals surface area contributed by atoms with E-state index < -0.39 is 5.82 Å². The van der Waals surface area contributed by atoms with E-state index in [1.165, 1.54) is 55.3 Å². The Morgan fingerprint density at radius 3 is 2.14 bits per heavy atom. The summed E-state index contributed by atoms with van der Waals surface area (Å²) in [5.41, 5.74) is 2.07. The van der Waals surface area contributed by atoms with Gasteiger partial charge in [-0.05, 0) is 49.2 Å². The van der Waals surface area contributed by atoms with E-state index in [-0.39, 0.29) is 29.0 Å². The maximum Gasteiger partial charge on any atom is 0.234 e. The largest absolute Gasteiger partial charge is 0.372 e. The molecule has 0 aromatic heterocycles. The van der Waals surface area contributed by atoms with E-state index in [1.807, 2.05) is 24.3 Å². The van der Waals surface area contributed by atoms with E-state index in [1.54, 1.807) is 12.1 Å². The molecule has 0 spiro atoms. The molecule has 29 heavy (non-hydrogen) atoms. The number of thioether (sulfide) groups is 1. The molecule has 0 aliphatic carbocycles. The van der Waals surface area contributed by atoms with Crippen molar-refractivity contribution in [2.24, 2.45) is 0 Å². The van der Waals surface area contributed by atoms with Gasteiger partial charge in [-0.3, -0.25) is 9.59 Å². The van der Waals surface area contributed by atoms with Gasteiger partial charge in [-0.1, -0.05) is 25.0 Å². The highest BCUT2D eigenvalue weighted by Crippen LogP contribution is 2.21. The number of anilines is 3. The van der Waals surface area contributed by atoms with Crippen LogP contribution in [0, 0.1) is 5.82 Å². The molecule has 2 N–H and O–H groups in total. The lowest BCUT2D eigenvalue weighted by atomic mass is 10.2. The molecule has 0 atom stereocenters. The fraction of sp³-hybridized carbons (Fsp3) is 0.364. The average Bonchev–Trinajstić information content (AvgIpc) is 3.00. The zero-order chi connectivity index (χ0) is 20.5. The van der Waals surface area contributed by atoms with Crippen molar-refractivity contribution >= 4 is 40.6 Å². The van der Waals surface area contributed by atoms with Gasteiger partial charge < -0.3 is 15.5 Å². The highest BCUT2D eigenvalue weighted by molar-refractivity contribution is 8.00. The van der Waals surface area contributed by atoms with Crippen LogP contribution in [-0.4, -0.2) is 36.4 Å². The fourth-order valence-corrected chi connectivity index (χ4v) is 3.88. The Kier molecular flexibility index (Phi) is 7.93. The van der Waals surface area contributed by atoms with Crippen LogP contribution in [0.15, 0.2) is 48.5 Å². The molecule has 5 nitrogen and oxygen atoms in total. The Balaban J connectivity index is 1.40. The predicted octanol–water partition coefficient (Wildman–Crippen LogP) is 4.52. The zero-order valence-corrected chi connectivity index (χ0v) is 17.1. The molecule has 0 unspecified atom stereocenters. The van der Waals surface area contributed by atoms with Crippen molar-refractivity contribution in [1.29, 1.82) is 0 Å². The average molecular weight is 416 g/mol. The van der Waals surface area contributed by atoms with Crippen molar-refractivity contribution in [3.63, 3.8) is 0 Å². The summed E-state index contributed by atoms with van der Waals surface area (Å²) in [6.07, 6.45) is 5.03. The molecule has 0 saturated carbocycles. The van der Waals surface area contributed by atoms with Gasteiger partial charge in [-0.25, -0.2) is 4.39 Å². The molecule has 1 aliphatic rings. The number of carbonyl (C=O) groups excluding carboxylic acids is 2. The predicted molar refractivity (Wildman–Crippen MR) is 118 cm³/mol. The fourth-order valence-electron chi connectivity index (χ4n) is 3.27. The number of nitrogens with zero attached hydrogens (tertiary/aromatic N) is 1. The Morgan fingerprint density at radius 1 is 0.862 bits per heavy atom. The molecule has 2 aromatic carbocycles. The third-order valence-corrected chi connectivity index (χ3v) is 5.67. The summed E-state index contributed by atoms with van der Waals surface area (Å²) in [4.78, 5) is 26.4. The van der Waals surface area contributed by atoms with Gasteiger partial charge in [0.2, 0.25) is 11.8 Å². The minimum Gasteiger partial charge on any atom is -0.372 e. The van der Waals surface area contributed by atoms with Gasteiger partial charge >= 0.3 is 0 Å². The van der Waals surface area contributed by atoms with Crippen molar-refractivity contribution < 1.29 is 14.0 Å². The number of halogens is 1. The van der Waals surface area contributed by atoms with Crippen LogP contribution in [0.25, 0.3) is 0 Å². The lowest BCUT2D eigenvalue weighted by Crippen LogP contribution is -2.23. The highest BCUT2D eigenvalue weighted by Gasteiger charge is 2.11. The van der Waals surface area contributed by atoms with E-state index in [9.17, 15) is 14.0 Å². The normalized spacial score (nSPS) is 14.2. The van der Waals surface area contributed by atoms with Gasteiger partial charge in [0, 0.05) is 24.5 Å². The summed E-state index contributed by atoms with van der Waals surface area (Å²) in [5, 5.41) is 5.35. The highest BCUT2D eigenvalue weighted by atomic mass is 32.2. The van der Waals surface area contributed by atoms with Crippen LogP contribution < -0.4 is 15.5 Å². The third kappa shape index (κ3) is 6.78. The standard InChI is InChI=1S/C22H26FN3O2S/c23-19-7-3-4-8-20(19)25-22(28)16-29-15-21(27)24-17-9-11-18(12-10-17)26-13-5-1-2-6-14-26/h3-4,7-12H,1-2,5-6,13-16H2,(H,24,27)(H,25,28). The Hall–Kier alpha value is -2.54. The molecular formula is C22H26FN3O2S. The first-order chi connectivity index (χ1) is 14.1. The Morgan fingerprint density at radius 2 is 1.48 bits per heavy atom. The summed E-state index contributed by atoms with van der Waals surface area (Å²) in [6, 6.07) is 13.9. The van der Waals surface area contributed by atoms with Crippen molar-refractivity contribution in [1.82, 2.24) is 0 Å². The number of hydrogen-bond donors (Lipinski definition) is 2. The molecular weight excluding hydrogens is 389 g/mol. The third-order valence-electron chi connectivity index (χ3n) is 4.74. The van der Waals surface area contributed by atoms with Crippen molar-refractivity contribution in [3.05, 3.63) is 54.3 Å². The van der Waals surface area contributed by atoms with Crippen LogP contribution in [-0.2, 0) is 9.59 Å². The van der Waals surface area contributed by atoms with Crippen molar-refractivity contribution in [2.75, 3.05) is 40.1 Å². The number of para-hydroxylation sites is 1. The summed E-state index contributed by atoms with van der Waals surface area (Å²) < 4.78 is 13.5. The summed E-state index contributed by atoms with van der Waals surface area (Å²) in [5.74, 6) is -0.757. The Labute approximate surface area is 175 Å². The molecule has 154 valence electrons. The summed E-state index contributed by atoms with van der Waals surface area (Å²) >= 11 is 1.19. The SMILES string of the molecule is O=C(CSCC(=O)Nc1ccccc1F)Nc1ccc(N2CCCCCC2)cc1. The van der Waals surface area contributed by atoms with E-state index in [2.05, 4.69) is 15.5 Å². The molecule has 2 aromatic rings.